The molecule has 2 rings (SSSR count). The van der Waals surface area contributed by atoms with Crippen LogP contribution < -0.4 is 10.5 Å². The van der Waals surface area contributed by atoms with Crippen LogP contribution in [-0.2, 0) is 6.42 Å². The Morgan fingerprint density at radius 1 is 1.21 bits per heavy atom. The van der Waals surface area contributed by atoms with Gasteiger partial charge in [0.2, 0.25) is 5.88 Å². The zero-order valence-electron chi connectivity index (χ0n) is 11.5. The highest BCUT2D eigenvalue weighted by Crippen LogP contribution is 2.31. The van der Waals surface area contributed by atoms with E-state index in [2.05, 4.69) is 12.1 Å². The molecule has 0 aliphatic carbocycles. The SMILES string of the molecule is CCCCc1noc(N)c1-c1ccc(OCC)cc1. The minimum absolute atomic E-state index is 0.385. The summed E-state index contributed by atoms with van der Waals surface area (Å²) < 4.78 is 10.6. The average molecular weight is 260 g/mol. The molecule has 102 valence electrons. The second kappa shape index (κ2) is 6.27. The molecule has 0 unspecified atom stereocenters. The van der Waals surface area contributed by atoms with Gasteiger partial charge in [0.1, 0.15) is 5.75 Å². The smallest absolute Gasteiger partial charge is 0.230 e. The summed E-state index contributed by atoms with van der Waals surface area (Å²) in [6.07, 6.45) is 3.09. The monoisotopic (exact) mass is 260 g/mol. The van der Waals surface area contributed by atoms with Crippen LogP contribution in [0, 0.1) is 0 Å². The Labute approximate surface area is 113 Å². The quantitative estimate of drug-likeness (QED) is 0.860. The van der Waals surface area contributed by atoms with E-state index in [1.165, 1.54) is 0 Å². The molecule has 0 bridgehead atoms. The number of nitrogen functional groups attached to an aromatic ring is 1. The molecule has 2 aromatic rings. The lowest BCUT2D eigenvalue weighted by atomic mass is 10.0. The largest absolute Gasteiger partial charge is 0.494 e. The molecule has 0 fully saturated rings. The fraction of sp³-hybridized carbons (Fsp3) is 0.400. The third-order valence-corrected chi connectivity index (χ3v) is 3.01. The van der Waals surface area contributed by atoms with Crippen molar-refractivity contribution < 1.29 is 9.26 Å². The van der Waals surface area contributed by atoms with Crippen molar-refractivity contribution in [3.8, 4) is 16.9 Å². The lowest BCUT2D eigenvalue weighted by molar-refractivity contribution is 0.340. The van der Waals surface area contributed by atoms with Crippen molar-refractivity contribution in [1.82, 2.24) is 5.16 Å². The molecule has 0 saturated heterocycles. The summed E-state index contributed by atoms with van der Waals surface area (Å²) in [6, 6.07) is 7.86. The topological polar surface area (TPSA) is 61.3 Å². The first-order valence-electron chi connectivity index (χ1n) is 6.73. The number of ether oxygens (including phenoxy) is 1. The maximum atomic E-state index is 5.88. The van der Waals surface area contributed by atoms with Crippen molar-refractivity contribution in [2.45, 2.75) is 33.1 Å². The summed E-state index contributed by atoms with van der Waals surface area (Å²) in [6.45, 7) is 4.78. The standard InChI is InChI=1S/C15H20N2O2/c1-3-5-6-13-14(15(16)19-17-13)11-7-9-12(10-8-11)18-4-2/h7-10H,3-6,16H2,1-2H3. The zero-order valence-corrected chi connectivity index (χ0v) is 11.5. The molecule has 0 radical (unpaired) electrons. The average Bonchev–Trinajstić information content (AvgIpc) is 2.79. The molecule has 0 atom stereocenters. The van der Waals surface area contributed by atoms with E-state index in [0.717, 1.165) is 41.8 Å². The maximum absolute atomic E-state index is 5.88. The van der Waals surface area contributed by atoms with Gasteiger partial charge < -0.3 is 15.0 Å². The Bertz CT molecular complexity index is 517. The van der Waals surface area contributed by atoms with E-state index in [-0.39, 0.29) is 0 Å². The molecule has 1 heterocycles. The van der Waals surface area contributed by atoms with Crippen LogP contribution in [-0.4, -0.2) is 11.8 Å². The van der Waals surface area contributed by atoms with Crippen LogP contribution in [0.2, 0.25) is 0 Å². The fourth-order valence-corrected chi connectivity index (χ4v) is 2.05. The van der Waals surface area contributed by atoms with E-state index in [4.69, 9.17) is 15.0 Å². The van der Waals surface area contributed by atoms with Crippen LogP contribution in [0.3, 0.4) is 0 Å². The molecular weight excluding hydrogens is 240 g/mol. The summed E-state index contributed by atoms with van der Waals surface area (Å²) in [5.74, 6) is 1.24. The van der Waals surface area contributed by atoms with Crippen LogP contribution in [0.25, 0.3) is 11.1 Å². The first-order valence-corrected chi connectivity index (χ1v) is 6.73. The number of rotatable bonds is 6. The molecule has 0 spiro atoms. The number of unbranched alkanes of at least 4 members (excludes halogenated alkanes) is 1. The summed E-state index contributed by atoms with van der Waals surface area (Å²) in [5.41, 5.74) is 8.75. The summed E-state index contributed by atoms with van der Waals surface area (Å²) in [4.78, 5) is 0. The van der Waals surface area contributed by atoms with Crippen molar-refractivity contribution in [3.05, 3.63) is 30.0 Å². The Balaban J connectivity index is 2.27. The minimum Gasteiger partial charge on any atom is -0.494 e. The molecule has 0 aliphatic rings. The van der Waals surface area contributed by atoms with E-state index < -0.39 is 0 Å². The lowest BCUT2D eigenvalue weighted by Gasteiger charge is -2.05. The molecule has 1 aromatic carbocycles. The highest BCUT2D eigenvalue weighted by Gasteiger charge is 2.15. The summed E-state index contributed by atoms with van der Waals surface area (Å²) >= 11 is 0. The van der Waals surface area contributed by atoms with Gasteiger partial charge >= 0.3 is 0 Å². The lowest BCUT2D eigenvalue weighted by Crippen LogP contribution is -1.93. The number of nitrogens with two attached hydrogens (primary N) is 1. The van der Waals surface area contributed by atoms with Crippen LogP contribution in [0.1, 0.15) is 32.4 Å². The number of aromatic nitrogens is 1. The second-order valence-corrected chi connectivity index (χ2v) is 4.43. The van der Waals surface area contributed by atoms with Crippen molar-refractivity contribution in [3.63, 3.8) is 0 Å². The molecule has 19 heavy (non-hydrogen) atoms. The molecule has 4 nitrogen and oxygen atoms in total. The molecule has 0 amide bonds. The summed E-state index contributed by atoms with van der Waals surface area (Å²) in [5, 5.41) is 4.06. The van der Waals surface area contributed by atoms with Crippen molar-refractivity contribution in [2.24, 2.45) is 0 Å². The van der Waals surface area contributed by atoms with Gasteiger partial charge in [-0.25, -0.2) is 0 Å². The fourth-order valence-electron chi connectivity index (χ4n) is 2.05. The minimum atomic E-state index is 0.385. The van der Waals surface area contributed by atoms with Gasteiger partial charge in [-0.2, -0.15) is 0 Å². The molecule has 0 aliphatic heterocycles. The highest BCUT2D eigenvalue weighted by molar-refractivity contribution is 5.75. The van der Waals surface area contributed by atoms with Gasteiger partial charge in [-0.15, -0.1) is 0 Å². The molecule has 4 heteroatoms. The predicted octanol–water partition coefficient (Wildman–Crippen LogP) is 3.67. The number of anilines is 1. The first-order chi connectivity index (χ1) is 9.26. The van der Waals surface area contributed by atoms with Gasteiger partial charge in [-0.05, 0) is 37.5 Å². The van der Waals surface area contributed by atoms with Gasteiger partial charge in [0.15, 0.2) is 0 Å². The van der Waals surface area contributed by atoms with E-state index in [0.29, 0.717) is 12.5 Å². The van der Waals surface area contributed by atoms with Crippen LogP contribution >= 0.6 is 0 Å². The van der Waals surface area contributed by atoms with Gasteiger partial charge in [-0.3, -0.25) is 0 Å². The number of nitrogens with zero attached hydrogens (tertiary/aromatic N) is 1. The normalized spacial score (nSPS) is 10.6. The highest BCUT2D eigenvalue weighted by atomic mass is 16.5. The molecule has 0 saturated carbocycles. The Morgan fingerprint density at radius 2 is 1.95 bits per heavy atom. The molecular formula is C15H20N2O2. The number of benzene rings is 1. The third-order valence-electron chi connectivity index (χ3n) is 3.01. The Morgan fingerprint density at radius 3 is 2.58 bits per heavy atom. The molecule has 1 aromatic heterocycles. The first kappa shape index (κ1) is 13.5. The Kier molecular flexibility index (Phi) is 4.44. The number of hydrogen-bond donors (Lipinski definition) is 1. The molecule has 2 N–H and O–H groups in total. The Hall–Kier alpha value is -1.97. The van der Waals surface area contributed by atoms with E-state index in [9.17, 15) is 0 Å². The van der Waals surface area contributed by atoms with Gasteiger partial charge in [0.25, 0.3) is 0 Å². The third kappa shape index (κ3) is 3.08. The van der Waals surface area contributed by atoms with Crippen LogP contribution in [0.5, 0.6) is 5.75 Å². The van der Waals surface area contributed by atoms with E-state index >= 15 is 0 Å². The number of aryl methyl sites for hydroxylation is 1. The van der Waals surface area contributed by atoms with Crippen LogP contribution in [0.4, 0.5) is 5.88 Å². The zero-order chi connectivity index (χ0) is 13.7. The van der Waals surface area contributed by atoms with Gasteiger partial charge in [0.05, 0.1) is 17.9 Å². The second-order valence-electron chi connectivity index (χ2n) is 4.43. The van der Waals surface area contributed by atoms with Crippen LogP contribution in [0.15, 0.2) is 28.8 Å². The van der Waals surface area contributed by atoms with E-state index in [1.807, 2.05) is 31.2 Å². The van der Waals surface area contributed by atoms with Gasteiger partial charge in [0, 0.05) is 0 Å². The maximum Gasteiger partial charge on any atom is 0.230 e. The van der Waals surface area contributed by atoms with Crippen molar-refractivity contribution >= 4 is 5.88 Å². The van der Waals surface area contributed by atoms with E-state index in [1.54, 1.807) is 0 Å². The summed E-state index contributed by atoms with van der Waals surface area (Å²) in [7, 11) is 0. The van der Waals surface area contributed by atoms with Crippen molar-refractivity contribution in [1.29, 1.82) is 0 Å². The van der Waals surface area contributed by atoms with Gasteiger partial charge in [-0.1, -0.05) is 30.6 Å². The predicted molar refractivity (Wildman–Crippen MR) is 76.1 cm³/mol. The number of hydrogen-bond acceptors (Lipinski definition) is 4. The van der Waals surface area contributed by atoms with Crippen molar-refractivity contribution in [2.75, 3.05) is 12.3 Å².